The molecule has 1 N–H and O–H groups in total. The first kappa shape index (κ1) is 19.4. The van der Waals surface area contributed by atoms with Crippen LogP contribution >= 0.6 is 23.2 Å². The van der Waals surface area contributed by atoms with Gasteiger partial charge in [-0.1, -0.05) is 23.2 Å². The summed E-state index contributed by atoms with van der Waals surface area (Å²) in [5.41, 5.74) is -0.443. The summed E-state index contributed by atoms with van der Waals surface area (Å²) in [4.78, 5) is 33.2. The van der Waals surface area contributed by atoms with Crippen LogP contribution in [0.15, 0.2) is 6.07 Å². The van der Waals surface area contributed by atoms with Crippen molar-refractivity contribution in [3.05, 3.63) is 21.7 Å². The van der Waals surface area contributed by atoms with Crippen LogP contribution < -0.4 is 9.47 Å². The molecular weight excluding hydrogens is 375 g/mol. The number of esters is 2. The first-order valence-electron chi connectivity index (χ1n) is 5.79. The maximum absolute atomic E-state index is 11.3. The Morgan fingerprint density at radius 3 is 2.09 bits per heavy atom. The Morgan fingerprint density at radius 2 is 1.70 bits per heavy atom. The minimum absolute atomic E-state index is 0.0874. The molecule has 23 heavy (non-hydrogen) atoms. The van der Waals surface area contributed by atoms with E-state index in [4.69, 9.17) is 37.2 Å². The number of benzene rings is 1. The van der Waals surface area contributed by atoms with Gasteiger partial charge in [-0.3, -0.25) is 14.1 Å². The lowest BCUT2D eigenvalue weighted by molar-refractivity contribution is -0.134. The lowest BCUT2D eigenvalue weighted by Crippen LogP contribution is -2.15. The van der Waals surface area contributed by atoms with Crippen molar-refractivity contribution in [3.63, 3.8) is 0 Å². The molecule has 1 aromatic rings. The predicted molar refractivity (Wildman–Crippen MR) is 79.4 cm³/mol. The minimum Gasteiger partial charge on any atom is -0.423 e. The van der Waals surface area contributed by atoms with E-state index < -0.39 is 54.4 Å². The van der Waals surface area contributed by atoms with E-state index in [2.05, 4.69) is 0 Å². The molecule has 1 atom stereocenters. The fraction of sp³-hybridized carbons (Fsp3) is 0.250. The van der Waals surface area contributed by atoms with Crippen LogP contribution in [0.5, 0.6) is 11.5 Å². The minimum atomic E-state index is -4.85. The molecule has 0 spiro atoms. The topological polar surface area (TPSA) is 124 Å². The number of aldehydes is 1. The molecule has 0 radical (unpaired) electrons. The molecule has 0 aliphatic rings. The van der Waals surface area contributed by atoms with Crippen molar-refractivity contribution in [2.45, 2.75) is 19.1 Å². The molecule has 126 valence electrons. The molecule has 0 fully saturated rings. The van der Waals surface area contributed by atoms with Crippen LogP contribution in [0.4, 0.5) is 0 Å². The normalized spacial score (nSPS) is 12.4. The highest BCUT2D eigenvalue weighted by molar-refractivity contribution is 7.86. The summed E-state index contributed by atoms with van der Waals surface area (Å²) in [7, 11) is -4.85. The predicted octanol–water partition coefficient (Wildman–Crippen LogP) is 1.97. The Kier molecular flexibility index (Phi) is 6.11. The van der Waals surface area contributed by atoms with Gasteiger partial charge in [0.2, 0.25) is 0 Å². The van der Waals surface area contributed by atoms with Gasteiger partial charge < -0.3 is 14.3 Å². The summed E-state index contributed by atoms with van der Waals surface area (Å²) >= 11 is 11.8. The van der Waals surface area contributed by atoms with Crippen LogP contribution in [0.1, 0.15) is 24.7 Å². The second-order valence-corrected chi connectivity index (χ2v) is 6.47. The van der Waals surface area contributed by atoms with Crippen molar-refractivity contribution in [2.24, 2.45) is 0 Å². The smallest absolute Gasteiger partial charge is 0.308 e. The number of carbonyl (C=O) groups is 3. The van der Waals surface area contributed by atoms with Gasteiger partial charge in [-0.25, -0.2) is 0 Å². The van der Waals surface area contributed by atoms with Gasteiger partial charge in [0.15, 0.2) is 16.7 Å². The van der Waals surface area contributed by atoms with Crippen molar-refractivity contribution in [1.82, 2.24) is 0 Å². The maximum atomic E-state index is 11.3. The molecule has 8 nitrogen and oxygen atoms in total. The molecule has 0 saturated carbocycles. The summed E-state index contributed by atoms with van der Waals surface area (Å²) < 4.78 is 41.1. The number of hydrogen-bond acceptors (Lipinski definition) is 7. The standard InChI is InChI=1S/C12H10Cl2O8S/c1-5(16)21-8-3-7(9(4-15)23(18,19)20)10(13)11(14)12(8)22-6(2)17/h3-4,9H,1-2H3,(H,18,19,20). The average molecular weight is 385 g/mol. The molecule has 11 heteroatoms. The Labute approximate surface area is 141 Å². The van der Waals surface area contributed by atoms with Gasteiger partial charge in [-0.15, -0.1) is 0 Å². The molecule has 1 unspecified atom stereocenters. The highest BCUT2D eigenvalue weighted by Crippen LogP contribution is 2.45. The second-order valence-electron chi connectivity index (χ2n) is 4.18. The largest absolute Gasteiger partial charge is 0.423 e. The van der Waals surface area contributed by atoms with Crippen molar-refractivity contribution < 1.29 is 36.8 Å². The van der Waals surface area contributed by atoms with Gasteiger partial charge in [0, 0.05) is 19.4 Å². The van der Waals surface area contributed by atoms with Crippen LogP contribution in [0, 0.1) is 0 Å². The van der Waals surface area contributed by atoms with E-state index in [-0.39, 0.29) is 6.29 Å². The zero-order chi connectivity index (χ0) is 17.9. The van der Waals surface area contributed by atoms with Crippen molar-refractivity contribution in [3.8, 4) is 11.5 Å². The third-order valence-corrected chi connectivity index (χ3v) is 4.28. The molecule has 0 aromatic heterocycles. The number of ether oxygens (including phenoxy) is 2. The molecule has 1 aromatic carbocycles. The zero-order valence-corrected chi connectivity index (χ0v) is 14.0. The van der Waals surface area contributed by atoms with E-state index in [9.17, 15) is 22.8 Å². The first-order chi connectivity index (χ1) is 10.5. The third kappa shape index (κ3) is 4.64. The van der Waals surface area contributed by atoms with Crippen LogP contribution in [0.3, 0.4) is 0 Å². The van der Waals surface area contributed by atoms with E-state index in [1.165, 1.54) is 0 Å². The van der Waals surface area contributed by atoms with Crippen LogP contribution in [-0.2, 0) is 24.5 Å². The molecule has 0 aliphatic heterocycles. The van der Waals surface area contributed by atoms with Crippen LogP contribution in [-0.4, -0.2) is 31.2 Å². The van der Waals surface area contributed by atoms with E-state index >= 15 is 0 Å². The average Bonchev–Trinajstić information content (AvgIpc) is 2.38. The summed E-state index contributed by atoms with van der Waals surface area (Å²) in [5, 5.41) is -2.99. The maximum Gasteiger partial charge on any atom is 0.308 e. The summed E-state index contributed by atoms with van der Waals surface area (Å²) in [6, 6.07) is 0.862. The lowest BCUT2D eigenvalue weighted by atomic mass is 10.1. The fourth-order valence-electron chi connectivity index (χ4n) is 1.59. The van der Waals surface area contributed by atoms with E-state index in [0.717, 1.165) is 19.9 Å². The van der Waals surface area contributed by atoms with Crippen molar-refractivity contribution in [2.75, 3.05) is 0 Å². The number of carbonyl (C=O) groups excluding carboxylic acids is 3. The molecule has 0 bridgehead atoms. The lowest BCUT2D eigenvalue weighted by Gasteiger charge is -2.16. The van der Waals surface area contributed by atoms with E-state index in [0.29, 0.717) is 0 Å². The molecule has 1 rings (SSSR count). The Balaban J connectivity index is 3.69. The number of halogens is 2. The molecule has 0 heterocycles. The van der Waals surface area contributed by atoms with Crippen molar-refractivity contribution in [1.29, 1.82) is 0 Å². The highest BCUT2D eigenvalue weighted by Gasteiger charge is 2.31. The van der Waals surface area contributed by atoms with Gasteiger partial charge in [0.25, 0.3) is 10.1 Å². The molecule has 0 amide bonds. The summed E-state index contributed by atoms with van der Waals surface area (Å²) in [6.45, 7) is 2.07. The molecule has 0 saturated heterocycles. The highest BCUT2D eigenvalue weighted by atomic mass is 35.5. The van der Waals surface area contributed by atoms with Gasteiger partial charge in [0.1, 0.15) is 11.3 Å². The first-order valence-corrected chi connectivity index (χ1v) is 8.05. The van der Waals surface area contributed by atoms with Crippen LogP contribution in [0.25, 0.3) is 0 Å². The van der Waals surface area contributed by atoms with E-state index in [1.807, 2.05) is 0 Å². The van der Waals surface area contributed by atoms with Gasteiger partial charge in [0.05, 0.1) is 5.02 Å². The number of rotatable bonds is 5. The number of hydrogen-bond donors (Lipinski definition) is 1. The van der Waals surface area contributed by atoms with Gasteiger partial charge in [-0.2, -0.15) is 8.42 Å². The Hall–Kier alpha value is -1.68. The molecular formula is C12H10Cl2O8S. The third-order valence-electron chi connectivity index (χ3n) is 2.41. The Bertz CT molecular complexity index is 772. The second kappa shape index (κ2) is 7.26. The van der Waals surface area contributed by atoms with Crippen LogP contribution in [0.2, 0.25) is 10.0 Å². The summed E-state index contributed by atoms with van der Waals surface area (Å²) in [6.07, 6.45) is -0.0874. The van der Waals surface area contributed by atoms with E-state index in [1.54, 1.807) is 0 Å². The zero-order valence-electron chi connectivity index (χ0n) is 11.7. The van der Waals surface area contributed by atoms with Gasteiger partial charge in [-0.05, 0) is 6.07 Å². The van der Waals surface area contributed by atoms with Gasteiger partial charge >= 0.3 is 11.9 Å². The summed E-state index contributed by atoms with van der Waals surface area (Å²) in [5.74, 6) is -2.52. The fourth-order valence-corrected chi connectivity index (χ4v) is 2.80. The van der Waals surface area contributed by atoms with Crippen molar-refractivity contribution >= 4 is 51.5 Å². The molecule has 0 aliphatic carbocycles. The SMILES string of the molecule is CC(=O)Oc1cc(C(C=O)S(=O)(=O)O)c(Cl)c(Cl)c1OC(C)=O. The quantitative estimate of drug-likeness (QED) is 0.353. The monoisotopic (exact) mass is 384 g/mol. The Morgan fingerprint density at radius 1 is 1.17 bits per heavy atom.